The number of aromatic nitrogens is 2. The highest BCUT2D eigenvalue weighted by atomic mass is 32.1. The molecule has 0 aliphatic carbocycles. The van der Waals surface area contributed by atoms with Gasteiger partial charge in [0.1, 0.15) is 15.5 Å². The molecular weight excluding hydrogens is 393 g/mol. The SMILES string of the molecule is CCn1c(Cc2cc(C(F)(F)F)ccc2C)nc2sc(C(=O)O)c(C)c2c1=O. The van der Waals surface area contributed by atoms with Crippen LogP contribution in [0.2, 0.25) is 0 Å². The van der Waals surface area contributed by atoms with Gasteiger partial charge in [-0.1, -0.05) is 6.07 Å². The Bertz CT molecular complexity index is 1150. The Morgan fingerprint density at radius 1 is 1.29 bits per heavy atom. The summed E-state index contributed by atoms with van der Waals surface area (Å²) in [6.45, 7) is 5.26. The van der Waals surface area contributed by atoms with Gasteiger partial charge in [0.05, 0.1) is 10.9 Å². The lowest BCUT2D eigenvalue weighted by Gasteiger charge is -2.14. The van der Waals surface area contributed by atoms with Crippen molar-refractivity contribution in [3.8, 4) is 0 Å². The molecule has 2 aromatic heterocycles. The number of benzene rings is 1. The van der Waals surface area contributed by atoms with Crippen LogP contribution in [0.1, 0.15) is 44.7 Å². The van der Waals surface area contributed by atoms with Crippen LogP contribution in [0.15, 0.2) is 23.0 Å². The lowest BCUT2D eigenvalue weighted by Crippen LogP contribution is -2.25. The molecule has 1 aromatic carbocycles. The average Bonchev–Trinajstić information content (AvgIpc) is 2.93. The molecule has 0 aliphatic rings. The number of fused-ring (bicyclic) bond motifs is 1. The molecule has 2 heterocycles. The van der Waals surface area contributed by atoms with E-state index in [0.717, 1.165) is 23.5 Å². The molecule has 0 radical (unpaired) electrons. The van der Waals surface area contributed by atoms with Crippen LogP contribution in [0.25, 0.3) is 10.2 Å². The Balaban J connectivity index is 2.19. The maximum absolute atomic E-state index is 13.1. The van der Waals surface area contributed by atoms with Gasteiger partial charge in [-0.3, -0.25) is 9.36 Å². The van der Waals surface area contributed by atoms with Gasteiger partial charge >= 0.3 is 12.1 Å². The van der Waals surface area contributed by atoms with Crippen molar-refractivity contribution in [2.24, 2.45) is 0 Å². The first-order valence-electron chi connectivity index (χ1n) is 8.47. The van der Waals surface area contributed by atoms with E-state index in [1.165, 1.54) is 10.6 Å². The van der Waals surface area contributed by atoms with Gasteiger partial charge in [-0.2, -0.15) is 13.2 Å². The van der Waals surface area contributed by atoms with E-state index in [1.54, 1.807) is 20.8 Å². The molecule has 0 aliphatic heterocycles. The Morgan fingerprint density at radius 2 is 1.96 bits per heavy atom. The molecule has 0 saturated carbocycles. The van der Waals surface area contributed by atoms with E-state index < -0.39 is 17.7 Å². The summed E-state index contributed by atoms with van der Waals surface area (Å²) in [5.41, 5.74) is 0.274. The van der Waals surface area contributed by atoms with E-state index in [1.807, 2.05) is 0 Å². The highest BCUT2D eigenvalue weighted by Crippen LogP contribution is 2.32. The number of nitrogens with zero attached hydrogens (tertiary/aromatic N) is 2. The molecule has 5 nitrogen and oxygen atoms in total. The summed E-state index contributed by atoms with van der Waals surface area (Å²) < 4.78 is 40.5. The molecule has 0 fully saturated rings. The van der Waals surface area contributed by atoms with Gasteiger partial charge in [0.2, 0.25) is 0 Å². The first-order valence-corrected chi connectivity index (χ1v) is 9.29. The van der Waals surface area contributed by atoms with Gasteiger partial charge < -0.3 is 5.11 Å². The number of hydrogen-bond acceptors (Lipinski definition) is 4. The van der Waals surface area contributed by atoms with Crippen molar-refractivity contribution in [1.82, 2.24) is 9.55 Å². The van der Waals surface area contributed by atoms with Crippen LogP contribution in [-0.4, -0.2) is 20.6 Å². The number of rotatable bonds is 4. The zero-order chi connectivity index (χ0) is 20.8. The molecule has 28 heavy (non-hydrogen) atoms. The number of hydrogen-bond donors (Lipinski definition) is 1. The molecule has 0 atom stereocenters. The second-order valence-electron chi connectivity index (χ2n) is 6.43. The summed E-state index contributed by atoms with van der Waals surface area (Å²) >= 11 is 0.898. The second-order valence-corrected chi connectivity index (χ2v) is 7.43. The normalized spacial score (nSPS) is 11.9. The van der Waals surface area contributed by atoms with Crippen LogP contribution in [0.3, 0.4) is 0 Å². The van der Waals surface area contributed by atoms with Gasteiger partial charge in [0, 0.05) is 13.0 Å². The van der Waals surface area contributed by atoms with Crippen LogP contribution in [-0.2, 0) is 19.1 Å². The Kier molecular flexibility index (Phi) is 5.05. The van der Waals surface area contributed by atoms with Crippen LogP contribution in [0.5, 0.6) is 0 Å². The largest absolute Gasteiger partial charge is 0.477 e. The summed E-state index contributed by atoms with van der Waals surface area (Å²) in [5, 5.41) is 9.54. The zero-order valence-corrected chi connectivity index (χ0v) is 16.2. The van der Waals surface area contributed by atoms with Gasteiger partial charge in [0.25, 0.3) is 5.56 Å². The number of carboxylic acids is 1. The maximum Gasteiger partial charge on any atom is 0.416 e. The summed E-state index contributed by atoms with van der Waals surface area (Å²) in [6, 6.07) is 3.47. The van der Waals surface area contributed by atoms with Crippen molar-refractivity contribution < 1.29 is 23.1 Å². The minimum atomic E-state index is -4.47. The average molecular weight is 410 g/mol. The highest BCUT2D eigenvalue weighted by Gasteiger charge is 2.31. The fraction of sp³-hybridized carbons (Fsp3) is 0.316. The zero-order valence-electron chi connectivity index (χ0n) is 15.3. The molecule has 0 spiro atoms. The van der Waals surface area contributed by atoms with Crippen molar-refractivity contribution in [3.63, 3.8) is 0 Å². The van der Waals surface area contributed by atoms with E-state index in [-0.39, 0.29) is 33.6 Å². The number of thiophene rings is 1. The lowest BCUT2D eigenvalue weighted by molar-refractivity contribution is -0.137. The minimum absolute atomic E-state index is 0.0358. The number of aromatic carboxylic acids is 1. The molecule has 148 valence electrons. The Morgan fingerprint density at radius 3 is 2.54 bits per heavy atom. The van der Waals surface area contributed by atoms with Crippen LogP contribution in [0, 0.1) is 13.8 Å². The predicted octanol–water partition coefficient (Wildman–Crippen LogP) is 4.40. The van der Waals surface area contributed by atoms with Crippen molar-refractivity contribution in [1.29, 1.82) is 0 Å². The maximum atomic E-state index is 13.1. The first kappa shape index (κ1) is 20.1. The first-order chi connectivity index (χ1) is 13.0. The predicted molar refractivity (Wildman–Crippen MR) is 100 cm³/mol. The highest BCUT2D eigenvalue weighted by molar-refractivity contribution is 7.20. The van der Waals surface area contributed by atoms with Gasteiger partial charge in [0.15, 0.2) is 0 Å². The molecule has 0 bridgehead atoms. The molecule has 0 saturated heterocycles. The van der Waals surface area contributed by atoms with Crippen LogP contribution >= 0.6 is 11.3 Å². The molecule has 1 N–H and O–H groups in total. The van der Waals surface area contributed by atoms with Crippen molar-refractivity contribution >= 4 is 27.5 Å². The van der Waals surface area contributed by atoms with E-state index >= 15 is 0 Å². The van der Waals surface area contributed by atoms with Gasteiger partial charge in [-0.15, -0.1) is 11.3 Å². The number of halogens is 3. The quantitative estimate of drug-likeness (QED) is 0.692. The van der Waals surface area contributed by atoms with E-state index in [9.17, 15) is 27.9 Å². The van der Waals surface area contributed by atoms with Crippen molar-refractivity contribution in [3.05, 3.63) is 61.5 Å². The number of aryl methyl sites for hydroxylation is 2. The summed E-state index contributed by atoms with van der Waals surface area (Å²) in [7, 11) is 0. The molecule has 9 heteroatoms. The molecular formula is C19H17F3N2O3S. The third-order valence-corrected chi connectivity index (χ3v) is 5.84. The third-order valence-electron chi connectivity index (χ3n) is 4.66. The summed E-state index contributed by atoms with van der Waals surface area (Å²) in [4.78, 5) is 29.0. The third kappa shape index (κ3) is 3.42. The minimum Gasteiger partial charge on any atom is -0.477 e. The summed E-state index contributed by atoms with van der Waals surface area (Å²) in [5.74, 6) is -0.834. The molecule has 0 amide bonds. The summed E-state index contributed by atoms with van der Waals surface area (Å²) in [6.07, 6.45) is -4.43. The fourth-order valence-corrected chi connectivity index (χ4v) is 4.16. The Hall–Kier alpha value is -2.68. The van der Waals surface area contributed by atoms with Gasteiger partial charge in [-0.05, 0) is 49.6 Å². The topological polar surface area (TPSA) is 72.2 Å². The standard InChI is InChI=1S/C19H17F3N2O3S/c1-4-24-13(8-11-7-12(19(20,21)22)6-5-9(11)2)23-16-14(17(24)25)10(3)15(28-16)18(26)27/h5-7H,4,8H2,1-3H3,(H,26,27). The lowest BCUT2D eigenvalue weighted by atomic mass is 10.0. The van der Waals surface area contributed by atoms with Crippen LogP contribution < -0.4 is 5.56 Å². The Labute approximate surface area is 162 Å². The van der Waals surface area contributed by atoms with E-state index in [4.69, 9.17) is 0 Å². The second kappa shape index (κ2) is 7.05. The number of alkyl halides is 3. The molecule has 3 rings (SSSR count). The van der Waals surface area contributed by atoms with E-state index in [2.05, 4.69) is 4.98 Å². The van der Waals surface area contributed by atoms with E-state index in [0.29, 0.717) is 22.5 Å². The number of carbonyl (C=O) groups is 1. The molecule has 0 unspecified atom stereocenters. The monoisotopic (exact) mass is 410 g/mol. The smallest absolute Gasteiger partial charge is 0.416 e. The fourth-order valence-electron chi connectivity index (χ4n) is 3.13. The van der Waals surface area contributed by atoms with Crippen molar-refractivity contribution in [2.45, 2.75) is 39.9 Å². The van der Waals surface area contributed by atoms with Crippen molar-refractivity contribution in [2.75, 3.05) is 0 Å². The van der Waals surface area contributed by atoms with Gasteiger partial charge in [-0.25, -0.2) is 9.78 Å². The van der Waals surface area contributed by atoms with Crippen LogP contribution in [0.4, 0.5) is 13.2 Å². The number of carboxylic acid groups (broad SMARTS) is 1. The molecule has 3 aromatic rings.